The van der Waals surface area contributed by atoms with Crippen molar-refractivity contribution in [3.05, 3.63) is 23.3 Å². The maximum atomic E-state index is 5.55. The highest BCUT2D eigenvalue weighted by Gasteiger charge is 2.42. The lowest BCUT2D eigenvalue weighted by atomic mass is 9.99. The van der Waals surface area contributed by atoms with Gasteiger partial charge in [-0.25, -0.2) is 0 Å². The van der Waals surface area contributed by atoms with E-state index in [4.69, 9.17) is 14.2 Å². The predicted molar refractivity (Wildman–Crippen MR) is 123 cm³/mol. The van der Waals surface area contributed by atoms with Crippen molar-refractivity contribution in [3.63, 3.8) is 0 Å². The van der Waals surface area contributed by atoms with Gasteiger partial charge in [0.2, 0.25) is 0 Å². The number of benzene rings is 1. The van der Waals surface area contributed by atoms with E-state index >= 15 is 0 Å². The molecule has 0 spiro atoms. The second-order valence-electron chi connectivity index (χ2n) is 7.50. The van der Waals surface area contributed by atoms with Crippen molar-refractivity contribution in [1.29, 1.82) is 0 Å². The van der Waals surface area contributed by atoms with Gasteiger partial charge in [0.15, 0.2) is 17.5 Å². The number of nitrogens with one attached hydrogen (secondary N) is 1. The molecule has 0 bridgehead atoms. The predicted octanol–water partition coefficient (Wildman–Crippen LogP) is 3.46. The second-order valence-corrected chi connectivity index (χ2v) is 7.50. The summed E-state index contributed by atoms with van der Waals surface area (Å²) in [6, 6.07) is 4.20. The van der Waals surface area contributed by atoms with Crippen LogP contribution in [0.3, 0.4) is 0 Å². The van der Waals surface area contributed by atoms with Crippen molar-refractivity contribution in [2.75, 3.05) is 47.6 Å². The fourth-order valence-electron chi connectivity index (χ4n) is 3.79. The first-order chi connectivity index (χ1) is 13.1. The summed E-state index contributed by atoms with van der Waals surface area (Å²) in [6.45, 7) is 6.47. The molecule has 1 aliphatic heterocycles. The molecule has 1 aromatic carbocycles. The van der Waals surface area contributed by atoms with Crippen LogP contribution in [0.15, 0.2) is 17.1 Å². The molecule has 7 heteroatoms. The third kappa shape index (κ3) is 5.43. The van der Waals surface area contributed by atoms with Crippen LogP contribution in [0, 0.1) is 5.41 Å². The molecule has 3 rings (SSSR count). The molecule has 1 heterocycles. The topological polar surface area (TPSA) is 55.3 Å². The molecule has 1 aromatic rings. The summed E-state index contributed by atoms with van der Waals surface area (Å²) in [5.74, 6) is 2.57. The van der Waals surface area contributed by atoms with E-state index in [-0.39, 0.29) is 24.0 Å². The molecule has 0 unspecified atom stereocenters. The number of hydrogen-bond acceptors (Lipinski definition) is 4. The largest absolute Gasteiger partial charge is 0.493 e. The standard InChI is InChI=1S/C21H33N3O3.HI/c1-5-27-11-9-21(7-8-21)15-23-20(22-2)24-10-6-16-12-18(25-3)19(26-4)13-17(16)14-24;/h12-13H,5-11,14-15H2,1-4H3,(H,22,23);1H. The van der Waals surface area contributed by atoms with E-state index in [0.717, 1.165) is 63.1 Å². The molecular formula is C21H34IN3O3. The first-order valence-corrected chi connectivity index (χ1v) is 9.92. The van der Waals surface area contributed by atoms with Crippen LogP contribution in [0.5, 0.6) is 11.5 Å². The smallest absolute Gasteiger partial charge is 0.193 e. The van der Waals surface area contributed by atoms with Gasteiger partial charge in [-0.2, -0.15) is 0 Å². The summed E-state index contributed by atoms with van der Waals surface area (Å²) in [7, 11) is 5.24. The Morgan fingerprint density at radius 1 is 1.18 bits per heavy atom. The van der Waals surface area contributed by atoms with Gasteiger partial charge in [-0.3, -0.25) is 4.99 Å². The number of nitrogens with zero attached hydrogens (tertiary/aromatic N) is 2. The SMILES string of the molecule is CCOCCC1(CNC(=NC)N2CCc3cc(OC)c(OC)cc3C2)CC1.I. The Labute approximate surface area is 186 Å². The third-order valence-electron chi connectivity index (χ3n) is 5.79. The molecule has 28 heavy (non-hydrogen) atoms. The minimum absolute atomic E-state index is 0. The van der Waals surface area contributed by atoms with Crippen molar-refractivity contribution in [2.24, 2.45) is 10.4 Å². The van der Waals surface area contributed by atoms with E-state index in [0.29, 0.717) is 5.41 Å². The van der Waals surface area contributed by atoms with Crippen LogP contribution < -0.4 is 14.8 Å². The summed E-state index contributed by atoms with van der Waals surface area (Å²) in [6.07, 6.45) is 4.67. The van der Waals surface area contributed by atoms with Crippen LogP contribution in [0.1, 0.15) is 37.3 Å². The Bertz CT molecular complexity index is 677. The normalized spacial score (nSPS) is 17.4. The molecule has 1 N–H and O–H groups in total. The van der Waals surface area contributed by atoms with Crippen molar-refractivity contribution < 1.29 is 14.2 Å². The maximum Gasteiger partial charge on any atom is 0.193 e. The Balaban J connectivity index is 0.00000280. The molecule has 2 aliphatic rings. The van der Waals surface area contributed by atoms with E-state index in [1.165, 1.54) is 24.0 Å². The van der Waals surface area contributed by atoms with Crippen LogP contribution >= 0.6 is 24.0 Å². The van der Waals surface area contributed by atoms with Gasteiger partial charge in [0, 0.05) is 39.9 Å². The first kappa shape index (κ1) is 23.1. The van der Waals surface area contributed by atoms with Gasteiger partial charge in [0.1, 0.15) is 0 Å². The molecule has 6 nitrogen and oxygen atoms in total. The van der Waals surface area contributed by atoms with Gasteiger partial charge < -0.3 is 24.4 Å². The average molecular weight is 503 g/mol. The fraction of sp³-hybridized carbons (Fsp3) is 0.667. The summed E-state index contributed by atoms with van der Waals surface area (Å²) in [4.78, 5) is 6.86. The lowest BCUT2D eigenvalue weighted by Gasteiger charge is -2.33. The molecule has 0 saturated heterocycles. The van der Waals surface area contributed by atoms with Crippen molar-refractivity contribution >= 4 is 29.9 Å². The zero-order valence-corrected chi connectivity index (χ0v) is 19.9. The molecule has 1 fully saturated rings. The molecule has 158 valence electrons. The summed E-state index contributed by atoms with van der Waals surface area (Å²) in [5.41, 5.74) is 3.00. The van der Waals surface area contributed by atoms with Crippen LogP contribution in [0.25, 0.3) is 0 Å². The van der Waals surface area contributed by atoms with Crippen LogP contribution in [-0.4, -0.2) is 58.4 Å². The monoisotopic (exact) mass is 503 g/mol. The van der Waals surface area contributed by atoms with Crippen molar-refractivity contribution in [3.8, 4) is 11.5 Å². The number of fused-ring (bicyclic) bond motifs is 1. The maximum absolute atomic E-state index is 5.55. The van der Waals surface area contributed by atoms with Crippen molar-refractivity contribution in [1.82, 2.24) is 10.2 Å². The van der Waals surface area contributed by atoms with Crippen LogP contribution in [-0.2, 0) is 17.7 Å². The van der Waals surface area contributed by atoms with E-state index in [2.05, 4.69) is 34.3 Å². The summed E-state index contributed by atoms with van der Waals surface area (Å²) >= 11 is 0. The van der Waals surface area contributed by atoms with E-state index < -0.39 is 0 Å². The molecule has 0 radical (unpaired) electrons. The molecular weight excluding hydrogens is 469 g/mol. The number of guanidine groups is 1. The van der Waals surface area contributed by atoms with Crippen LogP contribution in [0.4, 0.5) is 0 Å². The second kappa shape index (κ2) is 10.5. The number of rotatable bonds is 8. The zero-order valence-electron chi connectivity index (χ0n) is 17.5. The Morgan fingerprint density at radius 2 is 1.86 bits per heavy atom. The van der Waals surface area contributed by atoms with E-state index in [1.54, 1.807) is 14.2 Å². The quantitative estimate of drug-likeness (QED) is 0.255. The van der Waals surface area contributed by atoms with E-state index in [9.17, 15) is 0 Å². The first-order valence-electron chi connectivity index (χ1n) is 9.92. The highest BCUT2D eigenvalue weighted by atomic mass is 127. The Morgan fingerprint density at radius 3 is 2.43 bits per heavy atom. The molecule has 1 aliphatic carbocycles. The average Bonchev–Trinajstić information content (AvgIpc) is 3.47. The zero-order chi connectivity index (χ0) is 19.3. The van der Waals surface area contributed by atoms with Gasteiger partial charge in [0.25, 0.3) is 0 Å². The molecule has 0 atom stereocenters. The van der Waals surface area contributed by atoms with Gasteiger partial charge in [-0.15, -0.1) is 24.0 Å². The number of aliphatic imine (C=N–C) groups is 1. The minimum Gasteiger partial charge on any atom is -0.493 e. The number of hydrogen-bond donors (Lipinski definition) is 1. The summed E-state index contributed by atoms with van der Waals surface area (Å²) < 4.78 is 16.5. The number of ether oxygens (including phenoxy) is 3. The fourth-order valence-corrected chi connectivity index (χ4v) is 3.79. The van der Waals surface area contributed by atoms with Gasteiger partial charge >= 0.3 is 0 Å². The molecule has 0 aromatic heterocycles. The number of halogens is 1. The summed E-state index contributed by atoms with van der Waals surface area (Å²) in [5, 5.41) is 3.62. The third-order valence-corrected chi connectivity index (χ3v) is 5.79. The highest BCUT2D eigenvalue weighted by molar-refractivity contribution is 14.0. The highest BCUT2D eigenvalue weighted by Crippen LogP contribution is 2.48. The minimum atomic E-state index is 0. The van der Waals surface area contributed by atoms with Gasteiger partial charge in [-0.1, -0.05) is 0 Å². The molecule has 0 amide bonds. The van der Waals surface area contributed by atoms with Crippen LogP contribution in [0.2, 0.25) is 0 Å². The Kier molecular flexibility index (Phi) is 8.67. The van der Waals surface area contributed by atoms with Crippen molar-refractivity contribution in [2.45, 2.75) is 39.2 Å². The van der Waals surface area contributed by atoms with E-state index in [1.807, 2.05) is 7.05 Å². The van der Waals surface area contributed by atoms with Gasteiger partial charge in [-0.05, 0) is 61.3 Å². The molecule has 1 saturated carbocycles. The lowest BCUT2D eigenvalue weighted by Crippen LogP contribution is -2.45. The lowest BCUT2D eigenvalue weighted by molar-refractivity contribution is 0.128. The Hall–Kier alpha value is -1.22. The van der Waals surface area contributed by atoms with Gasteiger partial charge in [0.05, 0.1) is 14.2 Å². The number of methoxy groups -OCH3 is 2.